The quantitative estimate of drug-likeness (QED) is 0.635. The number of nitrogens with zero attached hydrogens (tertiary/aromatic N) is 1. The molecule has 1 aromatic heterocycles. The van der Waals surface area contributed by atoms with Gasteiger partial charge in [-0.1, -0.05) is 0 Å². The first-order valence-corrected chi connectivity index (χ1v) is 5.98. The van der Waals surface area contributed by atoms with Crippen molar-refractivity contribution in [3.8, 4) is 0 Å². The standard InChI is InChI=1S/C11H14F2N2O5/c12-2-1-5-3-15(11(19)14-9(5)18)10-7(13)8(17)6(4-16)20-10/h3,6-8,10,16-17H,1-2,4H2,(H,14,18,19)/t6-,7?,8-,10-/m0/s1/i12-1. The van der Waals surface area contributed by atoms with E-state index in [-0.39, 0.29) is 12.0 Å². The molecule has 2 rings (SSSR count). The van der Waals surface area contributed by atoms with E-state index in [1.807, 2.05) is 4.98 Å². The number of aromatic amines is 1. The van der Waals surface area contributed by atoms with Crippen LogP contribution in [0.2, 0.25) is 0 Å². The lowest BCUT2D eigenvalue weighted by Crippen LogP contribution is -2.37. The van der Waals surface area contributed by atoms with Crippen molar-refractivity contribution in [3.05, 3.63) is 32.6 Å². The maximum atomic E-state index is 13.9. The van der Waals surface area contributed by atoms with Gasteiger partial charge in [0.05, 0.1) is 13.3 Å². The van der Waals surface area contributed by atoms with Gasteiger partial charge < -0.3 is 14.9 Å². The highest BCUT2D eigenvalue weighted by Crippen LogP contribution is 2.30. The Bertz CT molecular complexity index is 587. The topological polar surface area (TPSA) is 105 Å². The molecule has 1 unspecified atom stereocenters. The van der Waals surface area contributed by atoms with Gasteiger partial charge in [-0.05, 0) is 0 Å². The Morgan fingerprint density at radius 2 is 2.15 bits per heavy atom. The molecule has 0 aromatic carbocycles. The van der Waals surface area contributed by atoms with Crippen LogP contribution < -0.4 is 11.2 Å². The molecule has 7 nitrogen and oxygen atoms in total. The lowest BCUT2D eigenvalue weighted by Gasteiger charge is -2.16. The molecule has 1 aromatic rings. The van der Waals surface area contributed by atoms with Crippen LogP contribution in [0.15, 0.2) is 15.8 Å². The Morgan fingerprint density at radius 3 is 2.70 bits per heavy atom. The molecule has 0 saturated carbocycles. The summed E-state index contributed by atoms with van der Waals surface area (Å²) in [6.45, 7) is -1.43. The van der Waals surface area contributed by atoms with Crippen LogP contribution in [0.3, 0.4) is 0 Å². The average Bonchev–Trinajstić information content (AvgIpc) is 2.70. The monoisotopic (exact) mass is 291 g/mol. The molecule has 1 aliphatic heterocycles. The third-order valence-corrected chi connectivity index (χ3v) is 3.15. The fraction of sp³-hybridized carbons (Fsp3) is 0.636. The number of ether oxygens (including phenoxy) is 1. The number of nitrogens with one attached hydrogen (secondary N) is 1. The van der Waals surface area contributed by atoms with Crippen molar-refractivity contribution in [2.45, 2.75) is 31.0 Å². The summed E-state index contributed by atoms with van der Waals surface area (Å²) in [7, 11) is 0. The number of alkyl halides is 2. The Balaban J connectivity index is 2.40. The number of rotatable bonds is 4. The van der Waals surface area contributed by atoms with Gasteiger partial charge in [0.25, 0.3) is 5.56 Å². The van der Waals surface area contributed by atoms with E-state index in [4.69, 9.17) is 9.84 Å². The Hall–Kier alpha value is -1.58. The summed E-state index contributed by atoms with van der Waals surface area (Å²) < 4.78 is 32.0. The summed E-state index contributed by atoms with van der Waals surface area (Å²) in [6.07, 6.45) is -5.42. The lowest BCUT2D eigenvalue weighted by molar-refractivity contribution is -0.0492. The predicted octanol–water partition coefficient (Wildman–Crippen LogP) is -1.36. The minimum Gasteiger partial charge on any atom is -0.394 e. The summed E-state index contributed by atoms with van der Waals surface area (Å²) in [5, 5.41) is 18.4. The molecule has 0 bridgehead atoms. The van der Waals surface area contributed by atoms with Crippen LogP contribution >= 0.6 is 0 Å². The molecule has 0 aliphatic carbocycles. The van der Waals surface area contributed by atoms with Crippen molar-refractivity contribution in [3.63, 3.8) is 0 Å². The highest BCUT2D eigenvalue weighted by Gasteiger charge is 2.45. The molecule has 1 aliphatic rings. The van der Waals surface area contributed by atoms with Gasteiger partial charge >= 0.3 is 5.69 Å². The Morgan fingerprint density at radius 1 is 1.45 bits per heavy atom. The van der Waals surface area contributed by atoms with Crippen LogP contribution in [-0.2, 0) is 11.2 Å². The molecular formula is C11H14F2N2O5. The van der Waals surface area contributed by atoms with Gasteiger partial charge in [0.15, 0.2) is 12.4 Å². The molecule has 3 N–H and O–H groups in total. The van der Waals surface area contributed by atoms with Gasteiger partial charge in [-0.2, -0.15) is 0 Å². The first kappa shape index (κ1) is 14.8. The molecule has 1 fully saturated rings. The van der Waals surface area contributed by atoms with Crippen molar-refractivity contribution >= 4 is 0 Å². The SMILES string of the molecule is O=c1[nH]c(=O)n([C@H]2O[C@@H](CO)[C@H](O)C2F)cc1CC[18F]. The number of aliphatic hydroxyl groups excluding tert-OH is 2. The molecule has 9 heteroatoms. The van der Waals surface area contributed by atoms with E-state index in [1.54, 1.807) is 0 Å². The average molecular weight is 291 g/mol. The van der Waals surface area contributed by atoms with E-state index < -0.39 is 49.1 Å². The van der Waals surface area contributed by atoms with Crippen LogP contribution in [0.1, 0.15) is 11.8 Å². The van der Waals surface area contributed by atoms with Crippen molar-refractivity contribution in [1.29, 1.82) is 0 Å². The second-order valence-electron chi connectivity index (χ2n) is 4.44. The van der Waals surface area contributed by atoms with Gasteiger partial charge in [-0.3, -0.25) is 18.7 Å². The van der Waals surface area contributed by atoms with E-state index in [0.717, 1.165) is 10.8 Å². The van der Waals surface area contributed by atoms with Gasteiger partial charge in [0.2, 0.25) is 0 Å². The minimum atomic E-state index is -1.95. The molecule has 2 heterocycles. The molecular weight excluding hydrogens is 277 g/mol. The smallest absolute Gasteiger partial charge is 0.330 e. The summed E-state index contributed by atoms with van der Waals surface area (Å²) in [6, 6.07) is 0. The number of aromatic nitrogens is 2. The Labute approximate surface area is 111 Å². The van der Waals surface area contributed by atoms with Gasteiger partial charge in [0.1, 0.15) is 12.2 Å². The van der Waals surface area contributed by atoms with E-state index in [0.29, 0.717) is 0 Å². The van der Waals surface area contributed by atoms with E-state index in [1.165, 1.54) is 0 Å². The normalized spacial score (nSPS) is 29.8. The second kappa shape index (κ2) is 5.81. The van der Waals surface area contributed by atoms with Crippen molar-refractivity contribution in [2.75, 3.05) is 13.3 Å². The summed E-state index contributed by atoms with van der Waals surface area (Å²) >= 11 is 0. The summed E-state index contributed by atoms with van der Waals surface area (Å²) in [4.78, 5) is 25.0. The third-order valence-electron chi connectivity index (χ3n) is 3.15. The van der Waals surface area contributed by atoms with Gasteiger partial charge in [-0.25, -0.2) is 9.18 Å². The maximum Gasteiger partial charge on any atom is 0.330 e. The first-order chi connectivity index (χ1) is 9.49. The van der Waals surface area contributed by atoms with Crippen molar-refractivity contribution in [2.24, 2.45) is 0 Å². The fourth-order valence-corrected chi connectivity index (χ4v) is 2.07. The number of halogens is 2. The first-order valence-electron chi connectivity index (χ1n) is 5.98. The van der Waals surface area contributed by atoms with Crippen LogP contribution in [0.4, 0.5) is 8.78 Å². The third kappa shape index (κ3) is 2.51. The molecule has 1 saturated heterocycles. The number of hydrogen-bond donors (Lipinski definition) is 3. The molecule has 0 radical (unpaired) electrons. The van der Waals surface area contributed by atoms with Crippen LogP contribution in [0.25, 0.3) is 0 Å². The molecule has 4 atom stereocenters. The van der Waals surface area contributed by atoms with E-state index in [9.17, 15) is 23.5 Å². The largest absolute Gasteiger partial charge is 0.394 e. The maximum absolute atomic E-state index is 13.9. The highest BCUT2D eigenvalue weighted by atomic mass is 19.1. The Kier molecular flexibility index (Phi) is 4.31. The molecule has 20 heavy (non-hydrogen) atoms. The zero-order valence-electron chi connectivity index (χ0n) is 10.3. The van der Waals surface area contributed by atoms with Crippen molar-refractivity contribution in [1.82, 2.24) is 9.55 Å². The number of aryl methyl sites for hydroxylation is 1. The summed E-state index contributed by atoms with van der Waals surface area (Å²) in [5.41, 5.74) is -1.72. The van der Waals surface area contributed by atoms with E-state index in [2.05, 4.69) is 0 Å². The number of H-pyrrole nitrogens is 1. The zero-order chi connectivity index (χ0) is 14.9. The second-order valence-corrected chi connectivity index (χ2v) is 4.44. The number of hydrogen-bond acceptors (Lipinski definition) is 5. The molecule has 112 valence electrons. The van der Waals surface area contributed by atoms with Crippen molar-refractivity contribution < 1.29 is 23.7 Å². The van der Waals surface area contributed by atoms with Gasteiger partial charge in [0, 0.05) is 18.2 Å². The predicted molar refractivity (Wildman–Crippen MR) is 62.9 cm³/mol. The van der Waals surface area contributed by atoms with E-state index >= 15 is 0 Å². The van der Waals surface area contributed by atoms with Gasteiger partial charge in [-0.15, -0.1) is 0 Å². The molecule has 0 spiro atoms. The zero-order valence-corrected chi connectivity index (χ0v) is 10.3. The number of aliphatic hydroxyl groups is 2. The minimum absolute atomic E-state index is 0.0372. The van der Waals surface area contributed by atoms with Crippen LogP contribution in [0, 0.1) is 0 Å². The highest BCUT2D eigenvalue weighted by molar-refractivity contribution is 5.06. The van der Waals surface area contributed by atoms with Crippen LogP contribution in [0.5, 0.6) is 0 Å². The summed E-state index contributed by atoms with van der Waals surface area (Å²) in [5.74, 6) is 0. The molecule has 0 amide bonds. The fourth-order valence-electron chi connectivity index (χ4n) is 2.07. The lowest BCUT2D eigenvalue weighted by atomic mass is 10.1. The van der Waals surface area contributed by atoms with Crippen LogP contribution in [-0.4, -0.2) is 51.4 Å².